The summed E-state index contributed by atoms with van der Waals surface area (Å²) in [4.78, 5) is 69.2. The lowest BCUT2D eigenvalue weighted by molar-refractivity contribution is -0.146. The molecule has 2 bridgehead atoms. The molecule has 1 aliphatic carbocycles. The third-order valence-corrected chi connectivity index (χ3v) is 10.3. The first-order valence-corrected chi connectivity index (χ1v) is 16.0. The molecular weight excluding hydrogens is 570 g/mol. The van der Waals surface area contributed by atoms with E-state index < -0.39 is 42.6 Å². The van der Waals surface area contributed by atoms with E-state index in [2.05, 4.69) is 15.5 Å². The Morgan fingerprint density at radius 3 is 2.30 bits per heavy atom. The van der Waals surface area contributed by atoms with Crippen LogP contribution in [0.25, 0.3) is 0 Å². The lowest BCUT2D eigenvalue weighted by Gasteiger charge is -2.39. The minimum absolute atomic E-state index is 0.00755. The Morgan fingerprint density at radius 1 is 1.02 bits per heavy atom. The normalized spacial score (nSPS) is 26.5. The monoisotopic (exact) mass is 623 g/mol. The molecule has 0 spiro atoms. The van der Waals surface area contributed by atoms with Gasteiger partial charge in [0.15, 0.2) is 0 Å². The number of methoxy groups -OCH3 is 2. The van der Waals surface area contributed by atoms with Crippen molar-refractivity contribution in [3.63, 3.8) is 0 Å². The Balaban J connectivity index is 1.66. The fourth-order valence-electron chi connectivity index (χ4n) is 7.65. The summed E-state index contributed by atoms with van der Waals surface area (Å²) in [5, 5.41) is 14.2. The van der Waals surface area contributed by atoms with E-state index in [1.807, 2.05) is 20.9 Å². The number of likely N-dealkylation sites (tertiary alicyclic amines) is 2. The number of ether oxygens (including phenoxy) is 2. The second-order valence-electron chi connectivity index (χ2n) is 12.8. The molecule has 0 aromatic carbocycles. The van der Waals surface area contributed by atoms with Crippen molar-refractivity contribution in [3.8, 4) is 0 Å². The lowest BCUT2D eigenvalue weighted by atomic mass is 9.90. The summed E-state index contributed by atoms with van der Waals surface area (Å²) in [5.41, 5.74) is 0. The molecule has 250 valence electrons. The molecule has 2 saturated heterocycles. The summed E-state index contributed by atoms with van der Waals surface area (Å²) in [6.07, 6.45) is 4.12. The summed E-state index contributed by atoms with van der Waals surface area (Å²) in [6, 6.07) is -0.535. The van der Waals surface area contributed by atoms with Crippen LogP contribution in [0.3, 0.4) is 0 Å². The van der Waals surface area contributed by atoms with Gasteiger partial charge in [0.2, 0.25) is 23.6 Å². The van der Waals surface area contributed by atoms with E-state index in [4.69, 9.17) is 14.6 Å². The van der Waals surface area contributed by atoms with E-state index in [1.54, 1.807) is 23.8 Å². The summed E-state index contributed by atoms with van der Waals surface area (Å²) in [7, 11) is 6.70. The maximum Gasteiger partial charge on any atom is 0.322 e. The predicted molar refractivity (Wildman–Crippen MR) is 162 cm³/mol. The second kappa shape index (κ2) is 16.0. The highest BCUT2D eigenvalue weighted by Crippen LogP contribution is 2.41. The molecule has 2 heterocycles. The zero-order chi connectivity index (χ0) is 32.7. The van der Waals surface area contributed by atoms with Crippen LogP contribution in [0.4, 0.5) is 0 Å². The van der Waals surface area contributed by atoms with Gasteiger partial charge in [-0.15, -0.1) is 0 Å². The Morgan fingerprint density at radius 2 is 1.73 bits per heavy atom. The average Bonchev–Trinajstić information content (AvgIpc) is 3.75. The summed E-state index contributed by atoms with van der Waals surface area (Å²) in [6.45, 7) is 5.58. The lowest BCUT2D eigenvalue weighted by Crippen LogP contribution is -2.55. The number of piperidine rings is 1. The number of carbonyl (C=O) groups excluding carboxylic acids is 4. The van der Waals surface area contributed by atoms with E-state index in [0.29, 0.717) is 24.9 Å². The first-order chi connectivity index (χ1) is 20.9. The summed E-state index contributed by atoms with van der Waals surface area (Å²) >= 11 is 0. The number of aliphatic carboxylic acids is 1. The van der Waals surface area contributed by atoms with Gasteiger partial charge in [-0.2, -0.15) is 0 Å². The SMILES string of the molecule is CCC(C)C(C(CC(=O)N1CCCC1C(OC)C(C)C(=O)NCC(=O)O)OC)N(C)C(=O)CNC(=O)C1C2CCC(C2)N1C. The topological polar surface area (TPSA) is 158 Å². The van der Waals surface area contributed by atoms with Gasteiger partial charge >= 0.3 is 5.97 Å². The number of carbonyl (C=O) groups is 5. The number of rotatable bonds is 16. The third-order valence-electron chi connectivity index (χ3n) is 10.3. The number of amides is 4. The Hall–Kier alpha value is -2.77. The van der Waals surface area contributed by atoms with Gasteiger partial charge in [-0.3, -0.25) is 28.9 Å². The smallest absolute Gasteiger partial charge is 0.322 e. The van der Waals surface area contributed by atoms with Crippen LogP contribution < -0.4 is 10.6 Å². The van der Waals surface area contributed by atoms with E-state index in [-0.39, 0.29) is 48.7 Å². The van der Waals surface area contributed by atoms with Gasteiger partial charge in [0.05, 0.1) is 49.2 Å². The van der Waals surface area contributed by atoms with Crippen molar-refractivity contribution in [2.45, 2.75) is 102 Å². The number of nitrogens with one attached hydrogen (secondary N) is 2. The predicted octanol–water partition coefficient (Wildman–Crippen LogP) is 0.706. The summed E-state index contributed by atoms with van der Waals surface area (Å²) in [5.74, 6) is -2.45. The Labute approximate surface area is 261 Å². The van der Waals surface area contributed by atoms with Crippen LogP contribution in [0.15, 0.2) is 0 Å². The molecule has 9 atom stereocenters. The molecule has 1 saturated carbocycles. The second-order valence-corrected chi connectivity index (χ2v) is 12.8. The Kier molecular flexibility index (Phi) is 13.0. The molecule has 3 aliphatic rings. The maximum atomic E-state index is 13.8. The molecule has 3 fully saturated rings. The number of hydrogen-bond acceptors (Lipinski definition) is 8. The van der Waals surface area contributed by atoms with Gasteiger partial charge in [-0.25, -0.2) is 0 Å². The van der Waals surface area contributed by atoms with E-state index >= 15 is 0 Å². The van der Waals surface area contributed by atoms with Gasteiger partial charge in [-0.1, -0.05) is 27.2 Å². The third kappa shape index (κ3) is 8.08. The molecule has 4 amide bonds. The first-order valence-electron chi connectivity index (χ1n) is 16.0. The quantitative estimate of drug-likeness (QED) is 0.225. The van der Waals surface area contributed by atoms with Gasteiger partial charge in [0.1, 0.15) is 6.54 Å². The van der Waals surface area contributed by atoms with Crippen molar-refractivity contribution in [1.29, 1.82) is 0 Å². The van der Waals surface area contributed by atoms with Crippen molar-refractivity contribution in [2.24, 2.45) is 17.8 Å². The molecule has 3 N–H and O–H groups in total. The number of nitrogens with zero attached hydrogens (tertiary/aromatic N) is 3. The highest BCUT2D eigenvalue weighted by atomic mass is 16.5. The van der Waals surface area contributed by atoms with Crippen LogP contribution >= 0.6 is 0 Å². The molecule has 0 aromatic heterocycles. The van der Waals surface area contributed by atoms with Crippen molar-refractivity contribution >= 4 is 29.6 Å². The standard InChI is InChI=1S/C31H53N5O8/c1-8-18(2)27(35(5)25(38)16-32-31(42)28-20-11-12-21(14-20)34(28)4)23(43-6)15-24(37)36-13-9-10-22(36)29(44-7)19(3)30(41)33-17-26(39)40/h18-23,27-29H,8-17H2,1-7H3,(H,32,42)(H,33,41)(H,39,40). The van der Waals surface area contributed by atoms with Gasteiger partial charge in [0, 0.05) is 33.9 Å². The van der Waals surface area contributed by atoms with E-state index in [1.165, 1.54) is 14.2 Å². The molecule has 2 aliphatic heterocycles. The summed E-state index contributed by atoms with van der Waals surface area (Å²) < 4.78 is 11.6. The molecule has 0 aromatic rings. The van der Waals surface area contributed by atoms with Gasteiger partial charge in [-0.05, 0) is 51.0 Å². The van der Waals surface area contributed by atoms with Gasteiger partial charge in [0.25, 0.3) is 0 Å². The molecule has 3 rings (SSSR count). The van der Waals surface area contributed by atoms with Gasteiger partial charge < -0.3 is 35.0 Å². The first kappa shape index (κ1) is 35.7. The highest BCUT2D eigenvalue weighted by molar-refractivity contribution is 5.88. The van der Waals surface area contributed by atoms with Crippen molar-refractivity contribution < 1.29 is 38.6 Å². The van der Waals surface area contributed by atoms with Crippen LogP contribution in [0, 0.1) is 17.8 Å². The Bertz CT molecular complexity index is 1040. The number of likely N-dealkylation sites (N-methyl/N-ethyl adjacent to an activating group) is 2. The highest BCUT2D eigenvalue weighted by Gasteiger charge is 2.47. The van der Waals surface area contributed by atoms with Crippen LogP contribution in [-0.2, 0) is 33.4 Å². The van der Waals surface area contributed by atoms with Crippen molar-refractivity contribution in [2.75, 3.05) is 47.9 Å². The number of hydrogen-bond donors (Lipinski definition) is 3. The van der Waals surface area contributed by atoms with Crippen LogP contribution in [-0.4, -0.2) is 134 Å². The van der Waals surface area contributed by atoms with Crippen LogP contribution in [0.2, 0.25) is 0 Å². The minimum atomic E-state index is -1.14. The zero-order valence-electron chi connectivity index (χ0n) is 27.4. The molecular formula is C31H53N5O8. The molecule has 13 heteroatoms. The van der Waals surface area contributed by atoms with Crippen LogP contribution in [0.5, 0.6) is 0 Å². The fraction of sp³-hybridized carbons (Fsp3) is 0.839. The molecule has 44 heavy (non-hydrogen) atoms. The van der Waals surface area contributed by atoms with Crippen molar-refractivity contribution in [3.05, 3.63) is 0 Å². The van der Waals surface area contributed by atoms with E-state index in [9.17, 15) is 24.0 Å². The molecule has 0 radical (unpaired) electrons. The molecule has 9 unspecified atom stereocenters. The largest absolute Gasteiger partial charge is 0.480 e. The maximum absolute atomic E-state index is 13.8. The average molecular weight is 624 g/mol. The number of carboxylic acid groups (broad SMARTS) is 1. The van der Waals surface area contributed by atoms with Crippen LogP contribution in [0.1, 0.15) is 65.7 Å². The number of carboxylic acids is 1. The minimum Gasteiger partial charge on any atom is -0.480 e. The fourth-order valence-corrected chi connectivity index (χ4v) is 7.65. The number of fused-ring (bicyclic) bond motifs is 2. The van der Waals surface area contributed by atoms with E-state index in [0.717, 1.165) is 32.1 Å². The zero-order valence-corrected chi connectivity index (χ0v) is 27.4. The molecule has 13 nitrogen and oxygen atoms in total. The van der Waals surface area contributed by atoms with Crippen molar-refractivity contribution in [1.82, 2.24) is 25.3 Å².